The fourth-order valence-electron chi connectivity index (χ4n) is 4.19. The van der Waals surface area contributed by atoms with Crippen molar-refractivity contribution in [2.24, 2.45) is 0 Å². The molecule has 1 aliphatic heterocycles. The van der Waals surface area contributed by atoms with E-state index in [2.05, 4.69) is 109 Å². The van der Waals surface area contributed by atoms with Crippen LogP contribution < -0.4 is 13.1 Å². The number of rotatable bonds is 3. The fourth-order valence-corrected chi connectivity index (χ4v) is 9.93. The standard InChI is InChI=1S/C26H21As/c1-3-11-20(12-4-1)19-24-22-15-7-9-17-25(22)27(21-13-5-2-6-14-21)26-18-10-8-16-23(24)26/h1-18,24H,19H2. The van der Waals surface area contributed by atoms with Crippen LogP contribution in [0, 0.1) is 0 Å². The Hall–Kier alpha value is -2.56. The molecule has 5 rings (SSSR count). The average molecular weight is 408 g/mol. The van der Waals surface area contributed by atoms with Crippen molar-refractivity contribution in [1.29, 1.82) is 0 Å². The molecule has 1 heterocycles. The normalized spacial score (nSPS) is 17.8. The van der Waals surface area contributed by atoms with E-state index in [1.165, 1.54) is 21.0 Å². The van der Waals surface area contributed by atoms with Crippen LogP contribution in [0.5, 0.6) is 0 Å². The molecule has 1 heteroatoms. The van der Waals surface area contributed by atoms with Crippen LogP contribution in [0.15, 0.2) is 109 Å². The summed E-state index contributed by atoms with van der Waals surface area (Å²) in [7, 11) is 0. The second kappa shape index (κ2) is 7.22. The molecule has 0 aliphatic carbocycles. The molecular formula is C26H21As. The summed E-state index contributed by atoms with van der Waals surface area (Å²) < 4.78 is 4.70. The molecule has 0 saturated carbocycles. The molecule has 1 aliphatic rings. The van der Waals surface area contributed by atoms with E-state index in [1.54, 1.807) is 8.70 Å². The third kappa shape index (κ3) is 3.05. The molecule has 4 aromatic carbocycles. The minimum atomic E-state index is -1.51. The van der Waals surface area contributed by atoms with Crippen molar-refractivity contribution < 1.29 is 0 Å². The van der Waals surface area contributed by atoms with E-state index in [9.17, 15) is 0 Å². The van der Waals surface area contributed by atoms with Crippen molar-refractivity contribution in [2.45, 2.75) is 12.3 Å². The molecular weight excluding hydrogens is 387 g/mol. The zero-order chi connectivity index (χ0) is 18.1. The van der Waals surface area contributed by atoms with Gasteiger partial charge < -0.3 is 0 Å². The van der Waals surface area contributed by atoms with Gasteiger partial charge in [-0.15, -0.1) is 0 Å². The molecule has 0 saturated heterocycles. The van der Waals surface area contributed by atoms with Crippen LogP contribution in [0.2, 0.25) is 0 Å². The van der Waals surface area contributed by atoms with Gasteiger partial charge in [-0.2, -0.15) is 0 Å². The Morgan fingerprint density at radius 1 is 0.519 bits per heavy atom. The molecule has 0 aromatic heterocycles. The van der Waals surface area contributed by atoms with Gasteiger partial charge in [0.15, 0.2) is 0 Å². The third-order valence-corrected chi connectivity index (χ3v) is 10.8. The first-order valence-corrected chi connectivity index (χ1v) is 12.3. The second-order valence-electron chi connectivity index (χ2n) is 7.03. The second-order valence-corrected chi connectivity index (χ2v) is 11.5. The van der Waals surface area contributed by atoms with Gasteiger partial charge >= 0.3 is 166 Å². The van der Waals surface area contributed by atoms with E-state index in [1.807, 2.05) is 0 Å². The molecule has 0 atom stereocenters. The SMILES string of the molecule is c1ccc(CC2c3ccccc3[As](c3ccccc3)c3ccccc32)cc1. The van der Waals surface area contributed by atoms with Gasteiger partial charge in [0.2, 0.25) is 0 Å². The maximum absolute atomic E-state index is 2.39. The van der Waals surface area contributed by atoms with Crippen molar-refractivity contribution in [2.75, 3.05) is 0 Å². The Balaban J connectivity index is 1.70. The first-order chi connectivity index (χ1) is 13.4. The van der Waals surface area contributed by atoms with Gasteiger partial charge in [-0.05, 0) is 0 Å². The van der Waals surface area contributed by atoms with E-state index >= 15 is 0 Å². The summed E-state index contributed by atoms with van der Waals surface area (Å²) in [5, 5.41) is 0. The van der Waals surface area contributed by atoms with Gasteiger partial charge in [0.1, 0.15) is 0 Å². The van der Waals surface area contributed by atoms with Crippen LogP contribution in [0.25, 0.3) is 0 Å². The van der Waals surface area contributed by atoms with Crippen molar-refractivity contribution in [3.05, 3.63) is 126 Å². The molecule has 0 fully saturated rings. The predicted octanol–water partition coefficient (Wildman–Crippen LogP) is 3.89. The van der Waals surface area contributed by atoms with Crippen LogP contribution >= 0.6 is 0 Å². The number of hydrogen-bond donors (Lipinski definition) is 0. The maximum atomic E-state index is 2.39. The quantitative estimate of drug-likeness (QED) is 0.452. The molecule has 0 unspecified atom stereocenters. The summed E-state index contributed by atoms with van der Waals surface area (Å²) in [6.45, 7) is 0. The van der Waals surface area contributed by atoms with Crippen LogP contribution in [0.3, 0.4) is 0 Å². The summed E-state index contributed by atoms with van der Waals surface area (Å²) in [6.07, 6.45) is 1.06. The summed E-state index contributed by atoms with van der Waals surface area (Å²) in [5.74, 6) is 0.439. The van der Waals surface area contributed by atoms with Gasteiger partial charge in [0.05, 0.1) is 0 Å². The average Bonchev–Trinajstić information content (AvgIpc) is 2.75. The summed E-state index contributed by atoms with van der Waals surface area (Å²) in [5.41, 5.74) is 4.47. The summed E-state index contributed by atoms with van der Waals surface area (Å²) in [4.78, 5) is 0. The van der Waals surface area contributed by atoms with Crippen LogP contribution in [-0.2, 0) is 6.42 Å². The van der Waals surface area contributed by atoms with E-state index in [0.717, 1.165) is 6.42 Å². The molecule has 0 spiro atoms. The molecule has 0 N–H and O–H groups in total. The van der Waals surface area contributed by atoms with Gasteiger partial charge in [0, 0.05) is 0 Å². The Labute approximate surface area is 165 Å². The fraction of sp³-hybridized carbons (Fsp3) is 0.0769. The topological polar surface area (TPSA) is 0 Å². The van der Waals surface area contributed by atoms with Crippen molar-refractivity contribution >= 4 is 27.7 Å². The summed E-state index contributed by atoms with van der Waals surface area (Å²) in [6, 6.07) is 40.4. The third-order valence-electron chi connectivity index (χ3n) is 5.40. The Bertz CT molecular complexity index is 1010. The Kier molecular flexibility index (Phi) is 4.44. The zero-order valence-electron chi connectivity index (χ0n) is 15.1. The van der Waals surface area contributed by atoms with Crippen molar-refractivity contribution in [1.82, 2.24) is 0 Å². The van der Waals surface area contributed by atoms with E-state index in [-0.39, 0.29) is 0 Å². The zero-order valence-corrected chi connectivity index (χ0v) is 17.0. The minimum absolute atomic E-state index is 0.439. The van der Waals surface area contributed by atoms with Gasteiger partial charge in [0.25, 0.3) is 0 Å². The molecule has 0 amide bonds. The van der Waals surface area contributed by atoms with Crippen molar-refractivity contribution in [3.63, 3.8) is 0 Å². The molecule has 27 heavy (non-hydrogen) atoms. The van der Waals surface area contributed by atoms with E-state index in [0.29, 0.717) is 5.92 Å². The number of hydrogen-bond acceptors (Lipinski definition) is 0. The Morgan fingerprint density at radius 2 is 1.00 bits per heavy atom. The van der Waals surface area contributed by atoms with Crippen LogP contribution in [0.4, 0.5) is 0 Å². The number of benzene rings is 4. The Morgan fingerprint density at radius 3 is 1.59 bits per heavy atom. The molecule has 0 nitrogen and oxygen atoms in total. The first-order valence-electron chi connectivity index (χ1n) is 9.49. The summed E-state index contributed by atoms with van der Waals surface area (Å²) >= 11 is -1.51. The predicted molar refractivity (Wildman–Crippen MR) is 116 cm³/mol. The molecule has 0 bridgehead atoms. The first kappa shape index (κ1) is 16.6. The monoisotopic (exact) mass is 408 g/mol. The van der Waals surface area contributed by atoms with E-state index in [4.69, 9.17) is 0 Å². The molecule has 4 aromatic rings. The van der Waals surface area contributed by atoms with Gasteiger partial charge in [-0.1, -0.05) is 0 Å². The van der Waals surface area contributed by atoms with Gasteiger partial charge in [-0.25, -0.2) is 0 Å². The van der Waals surface area contributed by atoms with Gasteiger partial charge in [-0.3, -0.25) is 0 Å². The van der Waals surface area contributed by atoms with Crippen molar-refractivity contribution in [3.8, 4) is 0 Å². The molecule has 130 valence electrons. The van der Waals surface area contributed by atoms with Crippen LogP contribution in [0.1, 0.15) is 22.6 Å². The molecule has 0 radical (unpaired) electrons. The van der Waals surface area contributed by atoms with Crippen LogP contribution in [-0.4, -0.2) is 14.7 Å². The number of fused-ring (bicyclic) bond motifs is 2. The van der Waals surface area contributed by atoms with E-state index < -0.39 is 14.7 Å².